The average Bonchev–Trinajstić information content (AvgIpc) is 2.45. The second kappa shape index (κ2) is 6.90. The summed E-state index contributed by atoms with van der Waals surface area (Å²) < 4.78 is 34.4. The van der Waals surface area contributed by atoms with Crippen LogP contribution in [0.5, 0.6) is 0 Å². The van der Waals surface area contributed by atoms with Crippen molar-refractivity contribution in [3.8, 4) is 0 Å². The second-order valence-corrected chi connectivity index (χ2v) is 7.96. The van der Waals surface area contributed by atoms with Crippen LogP contribution < -0.4 is 10.2 Å². The normalized spacial score (nSPS) is 20.9. The monoisotopic (exact) mass is 380 g/mol. The van der Waals surface area contributed by atoms with Crippen molar-refractivity contribution < 1.29 is 27.9 Å². The minimum Gasteiger partial charge on any atom is -0.460 e. The van der Waals surface area contributed by atoms with Crippen LogP contribution in [0.4, 0.5) is 14.5 Å². The molecule has 1 aromatic carbocycles. The fraction of sp³-hybridized carbons (Fsp3) is 0.526. The lowest BCUT2D eigenvalue weighted by atomic mass is 9.89. The van der Waals surface area contributed by atoms with Crippen molar-refractivity contribution in [2.75, 3.05) is 18.0 Å². The smallest absolute Gasteiger partial charge is 0.313 e. The molecule has 1 aromatic rings. The lowest BCUT2D eigenvalue weighted by Crippen LogP contribution is -2.52. The molecule has 2 aliphatic heterocycles. The van der Waals surface area contributed by atoms with Gasteiger partial charge in [-0.05, 0) is 39.3 Å². The number of benzene rings is 1. The number of halogens is 2. The number of nitrogens with one attached hydrogen (secondary N) is 1. The molecule has 1 atom stereocenters. The molecule has 0 saturated carbocycles. The molecule has 2 aliphatic rings. The maximum Gasteiger partial charge on any atom is 0.313 e. The Balaban J connectivity index is 1.70. The van der Waals surface area contributed by atoms with E-state index in [2.05, 4.69) is 5.32 Å². The summed E-state index contributed by atoms with van der Waals surface area (Å²) in [6.07, 6.45) is 0.114. The molecule has 1 unspecified atom stereocenters. The first kappa shape index (κ1) is 19.3. The molecule has 3 rings (SSSR count). The summed E-state index contributed by atoms with van der Waals surface area (Å²) >= 11 is 0. The van der Waals surface area contributed by atoms with E-state index < -0.39 is 35.0 Å². The van der Waals surface area contributed by atoms with Crippen LogP contribution in [0.1, 0.15) is 45.1 Å². The summed E-state index contributed by atoms with van der Waals surface area (Å²) in [6.45, 7) is 5.95. The first-order valence-electron chi connectivity index (χ1n) is 8.85. The van der Waals surface area contributed by atoms with Crippen molar-refractivity contribution in [1.29, 1.82) is 0 Å². The van der Waals surface area contributed by atoms with E-state index in [4.69, 9.17) is 4.74 Å². The second-order valence-electron chi connectivity index (χ2n) is 7.96. The van der Waals surface area contributed by atoms with Crippen LogP contribution in [-0.4, -0.2) is 36.5 Å². The zero-order valence-corrected chi connectivity index (χ0v) is 15.5. The van der Waals surface area contributed by atoms with E-state index in [1.54, 1.807) is 25.7 Å². The van der Waals surface area contributed by atoms with Crippen LogP contribution in [0.3, 0.4) is 0 Å². The number of piperidine rings is 1. The average molecular weight is 380 g/mol. The SMILES string of the molecule is CC(C)(C)OC(=O)C1CN(c2cc(F)c(C3CCC(=O)NC3=O)c(F)c2)C1. The van der Waals surface area contributed by atoms with Gasteiger partial charge in [0.05, 0.1) is 11.8 Å². The van der Waals surface area contributed by atoms with E-state index in [0.717, 1.165) is 12.1 Å². The van der Waals surface area contributed by atoms with Gasteiger partial charge in [0.25, 0.3) is 0 Å². The highest BCUT2D eigenvalue weighted by Gasteiger charge is 2.37. The zero-order valence-electron chi connectivity index (χ0n) is 15.5. The highest BCUT2D eigenvalue weighted by Crippen LogP contribution is 2.34. The number of hydrogen-bond donors (Lipinski definition) is 1. The highest BCUT2D eigenvalue weighted by molar-refractivity contribution is 6.01. The Kier molecular flexibility index (Phi) is 4.92. The Morgan fingerprint density at radius 3 is 2.30 bits per heavy atom. The van der Waals surface area contributed by atoms with Gasteiger partial charge < -0.3 is 9.64 Å². The third kappa shape index (κ3) is 4.09. The van der Waals surface area contributed by atoms with Crippen LogP contribution >= 0.6 is 0 Å². The number of carbonyl (C=O) groups is 3. The summed E-state index contributed by atoms with van der Waals surface area (Å²) in [5.74, 6) is -4.50. The largest absolute Gasteiger partial charge is 0.460 e. The fourth-order valence-electron chi connectivity index (χ4n) is 3.28. The third-order valence-electron chi connectivity index (χ3n) is 4.64. The summed E-state index contributed by atoms with van der Waals surface area (Å²) in [7, 11) is 0. The van der Waals surface area contributed by atoms with Crippen LogP contribution in [0, 0.1) is 17.6 Å². The predicted octanol–water partition coefficient (Wildman–Crippen LogP) is 2.26. The molecule has 2 heterocycles. The molecule has 6 nitrogen and oxygen atoms in total. The Labute approximate surface area is 155 Å². The molecule has 146 valence electrons. The molecule has 0 spiro atoms. The Bertz CT molecular complexity index is 774. The third-order valence-corrected chi connectivity index (χ3v) is 4.64. The van der Waals surface area contributed by atoms with Crippen LogP contribution in [0.25, 0.3) is 0 Å². The predicted molar refractivity (Wildman–Crippen MR) is 93.0 cm³/mol. The van der Waals surface area contributed by atoms with E-state index in [-0.39, 0.29) is 30.3 Å². The number of imide groups is 1. The lowest BCUT2D eigenvalue weighted by molar-refractivity contribution is -0.160. The number of anilines is 1. The summed E-state index contributed by atoms with van der Waals surface area (Å²) in [6, 6.07) is 2.32. The van der Waals surface area contributed by atoms with E-state index >= 15 is 0 Å². The first-order valence-corrected chi connectivity index (χ1v) is 8.85. The number of rotatable bonds is 3. The number of ether oxygens (including phenoxy) is 1. The van der Waals surface area contributed by atoms with Crippen molar-refractivity contribution in [3.63, 3.8) is 0 Å². The molecule has 0 aliphatic carbocycles. The van der Waals surface area contributed by atoms with Gasteiger partial charge in [0.1, 0.15) is 17.2 Å². The van der Waals surface area contributed by atoms with Crippen LogP contribution in [0.15, 0.2) is 12.1 Å². The van der Waals surface area contributed by atoms with Crippen molar-refractivity contribution >= 4 is 23.5 Å². The minimum absolute atomic E-state index is 0.0424. The summed E-state index contributed by atoms with van der Waals surface area (Å²) in [5.41, 5.74) is -0.604. The molecule has 0 bridgehead atoms. The van der Waals surface area contributed by atoms with Gasteiger partial charge in [-0.1, -0.05) is 0 Å². The molecule has 1 N–H and O–H groups in total. The van der Waals surface area contributed by atoms with E-state index in [1.165, 1.54) is 0 Å². The molecule has 27 heavy (non-hydrogen) atoms. The van der Waals surface area contributed by atoms with E-state index in [0.29, 0.717) is 18.8 Å². The summed E-state index contributed by atoms with van der Waals surface area (Å²) in [5, 5.41) is 2.11. The summed E-state index contributed by atoms with van der Waals surface area (Å²) in [4.78, 5) is 36.8. The van der Waals surface area contributed by atoms with Crippen molar-refractivity contribution in [2.45, 2.75) is 45.1 Å². The maximum absolute atomic E-state index is 14.5. The fourth-order valence-corrected chi connectivity index (χ4v) is 3.28. The quantitative estimate of drug-likeness (QED) is 0.643. The zero-order chi connectivity index (χ0) is 19.9. The molecule has 2 amide bonds. The minimum atomic E-state index is -1.03. The van der Waals surface area contributed by atoms with Gasteiger partial charge in [0.15, 0.2) is 0 Å². The molecule has 8 heteroatoms. The Morgan fingerprint density at radius 1 is 1.19 bits per heavy atom. The van der Waals surface area contributed by atoms with E-state index in [9.17, 15) is 23.2 Å². The lowest BCUT2D eigenvalue weighted by Gasteiger charge is -2.40. The van der Waals surface area contributed by atoms with Gasteiger partial charge in [0, 0.05) is 30.8 Å². The number of esters is 1. The molecular weight excluding hydrogens is 358 g/mol. The molecule has 2 fully saturated rings. The van der Waals surface area contributed by atoms with Gasteiger partial charge in [-0.25, -0.2) is 8.78 Å². The number of nitrogens with zero attached hydrogens (tertiary/aromatic N) is 1. The molecule has 2 saturated heterocycles. The molecule has 0 aromatic heterocycles. The van der Waals surface area contributed by atoms with Gasteiger partial charge in [-0.15, -0.1) is 0 Å². The number of hydrogen-bond acceptors (Lipinski definition) is 5. The Hall–Kier alpha value is -2.51. The Morgan fingerprint density at radius 2 is 1.78 bits per heavy atom. The van der Waals surface area contributed by atoms with Crippen molar-refractivity contribution in [3.05, 3.63) is 29.3 Å². The van der Waals surface area contributed by atoms with Gasteiger partial charge in [-0.2, -0.15) is 0 Å². The van der Waals surface area contributed by atoms with Gasteiger partial charge in [0.2, 0.25) is 11.8 Å². The van der Waals surface area contributed by atoms with Crippen LogP contribution in [0.2, 0.25) is 0 Å². The standard InChI is InChI=1S/C19H22F2N2O4/c1-19(2,3)27-18(26)10-8-23(9-10)11-6-13(20)16(14(21)7-11)12-4-5-15(24)22-17(12)25/h6-7,10,12H,4-5,8-9H2,1-3H3,(H,22,24,25). The topological polar surface area (TPSA) is 75.7 Å². The van der Waals surface area contributed by atoms with Crippen LogP contribution in [-0.2, 0) is 19.1 Å². The van der Waals surface area contributed by atoms with Gasteiger partial charge >= 0.3 is 5.97 Å². The number of carbonyl (C=O) groups excluding carboxylic acids is 3. The van der Waals surface area contributed by atoms with Crippen molar-refractivity contribution in [1.82, 2.24) is 5.32 Å². The molecular formula is C19H22F2N2O4. The highest BCUT2D eigenvalue weighted by atomic mass is 19.1. The molecule has 0 radical (unpaired) electrons. The maximum atomic E-state index is 14.5. The van der Waals surface area contributed by atoms with Gasteiger partial charge in [-0.3, -0.25) is 19.7 Å². The number of amides is 2. The first-order chi connectivity index (χ1) is 12.5. The van der Waals surface area contributed by atoms with E-state index in [1.807, 2.05) is 0 Å². The van der Waals surface area contributed by atoms with Crippen molar-refractivity contribution in [2.24, 2.45) is 5.92 Å².